The fraction of sp³-hybridized carbons (Fsp3) is 0.571. The number of benzene rings is 1. The lowest BCUT2D eigenvalue weighted by Gasteiger charge is -2.35. The number of rotatable bonds is 4. The van der Waals surface area contributed by atoms with E-state index in [9.17, 15) is 0 Å². The van der Waals surface area contributed by atoms with Crippen LogP contribution in [-0.4, -0.2) is 43.3 Å². The molecule has 1 aromatic rings. The summed E-state index contributed by atoms with van der Waals surface area (Å²) in [6.45, 7) is 8.20. The minimum atomic E-state index is 0.328. The maximum atomic E-state index is 6.10. The second-order valence-corrected chi connectivity index (χ2v) is 5.33. The third kappa shape index (κ3) is 3.87. The lowest BCUT2D eigenvalue weighted by atomic mass is 10.2. The smallest absolute Gasteiger partial charge is 0.0678 e. The highest BCUT2D eigenvalue weighted by molar-refractivity contribution is 6.33. The monoisotopic (exact) mass is 268 g/mol. The van der Waals surface area contributed by atoms with E-state index in [0.29, 0.717) is 12.2 Å². The molecule has 1 fully saturated rings. The molecule has 18 heavy (non-hydrogen) atoms. The quantitative estimate of drug-likeness (QED) is 0.909. The molecule has 1 heterocycles. The van der Waals surface area contributed by atoms with Crippen molar-refractivity contribution in [1.82, 2.24) is 4.90 Å². The van der Waals surface area contributed by atoms with Crippen molar-refractivity contribution in [1.29, 1.82) is 0 Å². The molecule has 0 saturated carbocycles. The first-order valence-electron chi connectivity index (χ1n) is 6.51. The van der Waals surface area contributed by atoms with Gasteiger partial charge in [0.15, 0.2) is 0 Å². The van der Waals surface area contributed by atoms with Crippen molar-refractivity contribution < 1.29 is 4.74 Å². The van der Waals surface area contributed by atoms with Gasteiger partial charge in [-0.3, -0.25) is 4.90 Å². The summed E-state index contributed by atoms with van der Waals surface area (Å²) in [7, 11) is 0. The van der Waals surface area contributed by atoms with Crippen molar-refractivity contribution in [3.63, 3.8) is 0 Å². The largest absolute Gasteiger partial charge is 0.383 e. The topological polar surface area (TPSA) is 24.5 Å². The van der Waals surface area contributed by atoms with Gasteiger partial charge < -0.3 is 10.1 Å². The predicted molar refractivity (Wildman–Crippen MR) is 76.4 cm³/mol. The van der Waals surface area contributed by atoms with Gasteiger partial charge in [0, 0.05) is 26.2 Å². The van der Waals surface area contributed by atoms with Crippen molar-refractivity contribution in [2.24, 2.45) is 0 Å². The number of anilines is 1. The van der Waals surface area contributed by atoms with E-state index in [0.717, 1.165) is 36.9 Å². The zero-order valence-electron chi connectivity index (χ0n) is 11.0. The molecule has 2 unspecified atom stereocenters. The van der Waals surface area contributed by atoms with Gasteiger partial charge in [0.2, 0.25) is 0 Å². The van der Waals surface area contributed by atoms with Gasteiger partial charge in [-0.2, -0.15) is 0 Å². The Bertz CT molecular complexity index is 376. The van der Waals surface area contributed by atoms with Gasteiger partial charge in [-0.1, -0.05) is 23.7 Å². The third-order valence-electron chi connectivity index (χ3n) is 3.11. The Morgan fingerprint density at radius 2 is 1.94 bits per heavy atom. The summed E-state index contributed by atoms with van der Waals surface area (Å²) in [6, 6.07) is 7.85. The van der Waals surface area contributed by atoms with Gasteiger partial charge in [0.05, 0.1) is 22.9 Å². The van der Waals surface area contributed by atoms with Crippen LogP contribution in [0.5, 0.6) is 0 Å². The number of hydrogen-bond donors (Lipinski definition) is 1. The van der Waals surface area contributed by atoms with Gasteiger partial charge >= 0.3 is 0 Å². The highest BCUT2D eigenvalue weighted by Gasteiger charge is 2.21. The molecule has 0 amide bonds. The van der Waals surface area contributed by atoms with E-state index >= 15 is 0 Å². The molecule has 3 nitrogen and oxygen atoms in total. The van der Waals surface area contributed by atoms with Crippen molar-refractivity contribution in [2.45, 2.75) is 26.1 Å². The number of para-hydroxylation sites is 1. The Morgan fingerprint density at radius 1 is 1.28 bits per heavy atom. The van der Waals surface area contributed by atoms with E-state index in [-0.39, 0.29) is 0 Å². The molecule has 2 rings (SSSR count). The van der Waals surface area contributed by atoms with Gasteiger partial charge in [-0.15, -0.1) is 0 Å². The number of ether oxygens (including phenoxy) is 1. The van der Waals surface area contributed by atoms with Crippen LogP contribution in [0.2, 0.25) is 5.02 Å². The molecule has 1 saturated heterocycles. The van der Waals surface area contributed by atoms with Crippen LogP contribution in [0.25, 0.3) is 0 Å². The average molecular weight is 269 g/mol. The molecule has 0 aromatic heterocycles. The summed E-state index contributed by atoms with van der Waals surface area (Å²) in [5.41, 5.74) is 1.01. The lowest BCUT2D eigenvalue weighted by Crippen LogP contribution is -2.46. The molecule has 0 radical (unpaired) electrons. The molecular formula is C14H21ClN2O. The molecule has 4 heteroatoms. The molecule has 0 spiro atoms. The number of morpholine rings is 1. The second kappa shape index (κ2) is 6.41. The highest BCUT2D eigenvalue weighted by atomic mass is 35.5. The molecular weight excluding hydrogens is 248 g/mol. The van der Waals surface area contributed by atoms with Gasteiger partial charge in [-0.25, -0.2) is 0 Å². The van der Waals surface area contributed by atoms with Crippen molar-refractivity contribution >= 4 is 17.3 Å². The van der Waals surface area contributed by atoms with Crippen molar-refractivity contribution in [2.75, 3.05) is 31.5 Å². The van der Waals surface area contributed by atoms with Crippen LogP contribution in [0.1, 0.15) is 13.8 Å². The molecule has 0 aliphatic carbocycles. The fourth-order valence-electron chi connectivity index (χ4n) is 2.42. The summed E-state index contributed by atoms with van der Waals surface area (Å²) in [6.07, 6.45) is 0.656. The molecule has 1 aromatic carbocycles. The summed E-state index contributed by atoms with van der Waals surface area (Å²) < 4.78 is 5.72. The first kappa shape index (κ1) is 13.7. The summed E-state index contributed by atoms with van der Waals surface area (Å²) in [5.74, 6) is 0. The number of halogens is 1. The van der Waals surface area contributed by atoms with Gasteiger partial charge in [0.1, 0.15) is 0 Å². The second-order valence-electron chi connectivity index (χ2n) is 4.92. The minimum absolute atomic E-state index is 0.328. The summed E-state index contributed by atoms with van der Waals surface area (Å²) in [4.78, 5) is 2.43. The molecule has 100 valence electrons. The van der Waals surface area contributed by atoms with E-state index in [1.807, 2.05) is 24.3 Å². The van der Waals surface area contributed by atoms with E-state index < -0.39 is 0 Å². The maximum Gasteiger partial charge on any atom is 0.0678 e. The average Bonchev–Trinajstić information content (AvgIpc) is 2.30. The first-order valence-corrected chi connectivity index (χ1v) is 6.89. The van der Waals surface area contributed by atoms with Crippen LogP contribution in [0.3, 0.4) is 0 Å². The van der Waals surface area contributed by atoms with Crippen LogP contribution in [0.4, 0.5) is 5.69 Å². The fourth-order valence-corrected chi connectivity index (χ4v) is 2.62. The van der Waals surface area contributed by atoms with E-state index in [4.69, 9.17) is 16.3 Å². The Kier molecular flexibility index (Phi) is 4.87. The minimum Gasteiger partial charge on any atom is -0.383 e. The van der Waals surface area contributed by atoms with E-state index in [1.165, 1.54) is 0 Å². The number of hydrogen-bond acceptors (Lipinski definition) is 3. The SMILES string of the molecule is CC1CN(CCNc2ccccc2Cl)CC(C)O1. The van der Waals surface area contributed by atoms with Crippen LogP contribution in [0, 0.1) is 0 Å². The maximum absolute atomic E-state index is 6.10. The molecule has 1 N–H and O–H groups in total. The third-order valence-corrected chi connectivity index (χ3v) is 3.44. The van der Waals surface area contributed by atoms with E-state index in [2.05, 4.69) is 24.1 Å². The zero-order chi connectivity index (χ0) is 13.0. The van der Waals surface area contributed by atoms with E-state index in [1.54, 1.807) is 0 Å². The van der Waals surface area contributed by atoms with Crippen LogP contribution >= 0.6 is 11.6 Å². The standard InChI is InChI=1S/C14H21ClN2O/c1-11-9-17(10-12(2)18-11)8-7-16-14-6-4-3-5-13(14)15/h3-6,11-12,16H,7-10H2,1-2H3. The number of nitrogens with zero attached hydrogens (tertiary/aromatic N) is 1. The predicted octanol–water partition coefficient (Wildman–Crippen LogP) is 2.86. The van der Waals surface area contributed by atoms with Crippen LogP contribution in [-0.2, 0) is 4.74 Å². The van der Waals surface area contributed by atoms with Crippen LogP contribution in [0.15, 0.2) is 24.3 Å². The molecule has 1 aliphatic heterocycles. The number of nitrogens with one attached hydrogen (secondary N) is 1. The Balaban J connectivity index is 1.77. The lowest BCUT2D eigenvalue weighted by molar-refractivity contribution is -0.0667. The first-order chi connectivity index (χ1) is 8.65. The Labute approximate surface area is 114 Å². The molecule has 0 bridgehead atoms. The zero-order valence-corrected chi connectivity index (χ0v) is 11.8. The Hall–Kier alpha value is -0.770. The van der Waals surface area contributed by atoms with Gasteiger partial charge in [-0.05, 0) is 26.0 Å². The normalized spacial score (nSPS) is 25.1. The summed E-state index contributed by atoms with van der Waals surface area (Å²) >= 11 is 6.10. The van der Waals surface area contributed by atoms with Crippen molar-refractivity contribution in [3.8, 4) is 0 Å². The molecule has 1 aliphatic rings. The van der Waals surface area contributed by atoms with Gasteiger partial charge in [0.25, 0.3) is 0 Å². The van der Waals surface area contributed by atoms with Crippen molar-refractivity contribution in [3.05, 3.63) is 29.3 Å². The summed E-state index contributed by atoms with van der Waals surface area (Å²) in [5, 5.41) is 4.15. The Morgan fingerprint density at radius 3 is 2.61 bits per heavy atom. The highest BCUT2D eigenvalue weighted by Crippen LogP contribution is 2.20. The van der Waals surface area contributed by atoms with Crippen LogP contribution < -0.4 is 5.32 Å². The molecule has 2 atom stereocenters.